The standard InChI is InChI=1S/C23H28Cl2N2O2S/c1-16(2)12-26-23(29)17(3)27(13-19-9-10-20(24)21(25)11-19)22(28)15-30-14-18-7-5-4-6-8-18/h4-11,16-17H,12-15H2,1-3H3,(H,26,29)/t17-/m0/s1. The van der Waals surface area contributed by atoms with E-state index in [-0.39, 0.29) is 24.1 Å². The zero-order valence-corrected chi connectivity index (χ0v) is 19.9. The first kappa shape index (κ1) is 24.6. The van der Waals surface area contributed by atoms with E-state index in [0.717, 1.165) is 16.9 Å². The second-order valence-corrected chi connectivity index (χ2v) is 9.36. The van der Waals surface area contributed by atoms with Crippen LogP contribution in [-0.4, -0.2) is 35.1 Å². The van der Waals surface area contributed by atoms with E-state index in [1.165, 1.54) is 11.8 Å². The van der Waals surface area contributed by atoms with E-state index >= 15 is 0 Å². The quantitative estimate of drug-likeness (QED) is 0.508. The van der Waals surface area contributed by atoms with E-state index < -0.39 is 6.04 Å². The third kappa shape index (κ3) is 7.86. The molecule has 162 valence electrons. The lowest BCUT2D eigenvalue weighted by Gasteiger charge is -2.29. The van der Waals surface area contributed by atoms with Gasteiger partial charge in [-0.2, -0.15) is 0 Å². The van der Waals surface area contributed by atoms with Gasteiger partial charge in [0.2, 0.25) is 11.8 Å². The van der Waals surface area contributed by atoms with Gasteiger partial charge in [-0.15, -0.1) is 11.8 Å². The van der Waals surface area contributed by atoms with Crippen molar-refractivity contribution < 1.29 is 9.59 Å². The first-order chi connectivity index (χ1) is 14.3. The Morgan fingerprint density at radius 2 is 1.70 bits per heavy atom. The van der Waals surface area contributed by atoms with Gasteiger partial charge < -0.3 is 10.2 Å². The number of nitrogens with one attached hydrogen (secondary N) is 1. The van der Waals surface area contributed by atoms with Gasteiger partial charge in [-0.3, -0.25) is 9.59 Å². The lowest BCUT2D eigenvalue weighted by Crippen LogP contribution is -2.48. The number of carbonyl (C=O) groups is 2. The van der Waals surface area contributed by atoms with E-state index in [4.69, 9.17) is 23.2 Å². The summed E-state index contributed by atoms with van der Waals surface area (Å²) in [7, 11) is 0. The van der Waals surface area contributed by atoms with Gasteiger partial charge in [0.1, 0.15) is 6.04 Å². The number of hydrogen-bond acceptors (Lipinski definition) is 3. The van der Waals surface area contributed by atoms with Crippen molar-refractivity contribution in [2.75, 3.05) is 12.3 Å². The zero-order chi connectivity index (χ0) is 22.1. The highest BCUT2D eigenvalue weighted by Gasteiger charge is 2.26. The Labute approximate surface area is 193 Å². The fourth-order valence-corrected chi connectivity index (χ4v) is 3.97. The molecule has 1 N–H and O–H groups in total. The molecule has 0 aliphatic carbocycles. The van der Waals surface area contributed by atoms with E-state index in [0.29, 0.717) is 22.5 Å². The van der Waals surface area contributed by atoms with Crippen LogP contribution >= 0.6 is 35.0 Å². The lowest BCUT2D eigenvalue weighted by atomic mass is 10.1. The molecule has 2 aromatic rings. The van der Waals surface area contributed by atoms with Gasteiger partial charge in [0.15, 0.2) is 0 Å². The summed E-state index contributed by atoms with van der Waals surface area (Å²) in [6, 6.07) is 14.7. The zero-order valence-electron chi connectivity index (χ0n) is 17.5. The summed E-state index contributed by atoms with van der Waals surface area (Å²) in [5, 5.41) is 3.80. The second kappa shape index (κ2) is 12.2. The molecule has 0 heterocycles. The van der Waals surface area contributed by atoms with Crippen molar-refractivity contribution in [1.82, 2.24) is 10.2 Å². The van der Waals surface area contributed by atoms with Crippen LogP contribution in [0.25, 0.3) is 0 Å². The summed E-state index contributed by atoms with van der Waals surface area (Å²) >= 11 is 13.7. The summed E-state index contributed by atoms with van der Waals surface area (Å²) in [4.78, 5) is 27.3. The summed E-state index contributed by atoms with van der Waals surface area (Å²) < 4.78 is 0. The molecule has 0 fully saturated rings. The third-order valence-electron chi connectivity index (χ3n) is 4.53. The Morgan fingerprint density at radius 3 is 2.33 bits per heavy atom. The van der Waals surface area contributed by atoms with Crippen molar-refractivity contribution >= 4 is 46.8 Å². The number of halogens is 2. The highest BCUT2D eigenvalue weighted by atomic mass is 35.5. The number of nitrogens with zero attached hydrogens (tertiary/aromatic N) is 1. The van der Waals surface area contributed by atoms with Crippen LogP contribution in [-0.2, 0) is 21.9 Å². The van der Waals surface area contributed by atoms with E-state index in [1.54, 1.807) is 24.0 Å². The minimum absolute atomic E-state index is 0.0887. The molecule has 1 atom stereocenters. The molecular weight excluding hydrogens is 439 g/mol. The average molecular weight is 467 g/mol. The molecule has 0 saturated carbocycles. The lowest BCUT2D eigenvalue weighted by molar-refractivity contribution is -0.138. The number of rotatable bonds is 10. The molecule has 0 radical (unpaired) electrons. The van der Waals surface area contributed by atoms with Crippen LogP contribution in [0.4, 0.5) is 0 Å². The van der Waals surface area contributed by atoms with Crippen LogP contribution in [0.2, 0.25) is 10.0 Å². The number of amides is 2. The molecule has 0 aliphatic rings. The van der Waals surface area contributed by atoms with Crippen LogP contribution in [0.1, 0.15) is 31.9 Å². The smallest absolute Gasteiger partial charge is 0.242 e. The summed E-state index contributed by atoms with van der Waals surface area (Å²) in [6.07, 6.45) is 0. The van der Waals surface area contributed by atoms with Crippen LogP contribution < -0.4 is 5.32 Å². The summed E-state index contributed by atoms with van der Waals surface area (Å²) in [5.74, 6) is 1.11. The van der Waals surface area contributed by atoms with Crippen molar-refractivity contribution in [3.63, 3.8) is 0 Å². The van der Waals surface area contributed by atoms with Gasteiger partial charge in [-0.25, -0.2) is 0 Å². The highest BCUT2D eigenvalue weighted by Crippen LogP contribution is 2.24. The summed E-state index contributed by atoms with van der Waals surface area (Å²) in [6.45, 7) is 6.68. The molecule has 0 aromatic heterocycles. The Kier molecular flexibility index (Phi) is 10.0. The molecule has 0 unspecified atom stereocenters. The van der Waals surface area contributed by atoms with E-state index in [2.05, 4.69) is 5.32 Å². The Bertz CT molecular complexity index is 846. The average Bonchev–Trinajstić information content (AvgIpc) is 2.72. The molecule has 2 amide bonds. The van der Waals surface area contributed by atoms with Gasteiger partial charge >= 0.3 is 0 Å². The molecule has 0 aliphatic heterocycles. The Hall–Kier alpha value is -1.69. The molecule has 7 heteroatoms. The molecule has 4 nitrogen and oxygen atoms in total. The van der Waals surface area contributed by atoms with Crippen LogP contribution in [0.5, 0.6) is 0 Å². The predicted octanol–water partition coefficient (Wildman–Crippen LogP) is 5.42. The van der Waals surface area contributed by atoms with Crippen LogP contribution in [0, 0.1) is 5.92 Å². The van der Waals surface area contributed by atoms with Crippen molar-refractivity contribution in [2.45, 2.75) is 39.1 Å². The monoisotopic (exact) mass is 466 g/mol. The topological polar surface area (TPSA) is 49.4 Å². The predicted molar refractivity (Wildman–Crippen MR) is 127 cm³/mol. The minimum atomic E-state index is -0.594. The summed E-state index contributed by atoms with van der Waals surface area (Å²) in [5.41, 5.74) is 1.99. The molecule has 2 aromatic carbocycles. The molecule has 30 heavy (non-hydrogen) atoms. The normalized spacial score (nSPS) is 11.9. The maximum Gasteiger partial charge on any atom is 0.242 e. The first-order valence-corrected chi connectivity index (χ1v) is 11.8. The van der Waals surface area contributed by atoms with Crippen molar-refractivity contribution in [1.29, 1.82) is 0 Å². The number of benzene rings is 2. The van der Waals surface area contributed by atoms with Crippen molar-refractivity contribution in [2.24, 2.45) is 5.92 Å². The van der Waals surface area contributed by atoms with Crippen molar-refractivity contribution in [3.8, 4) is 0 Å². The Balaban J connectivity index is 2.08. The molecule has 0 bridgehead atoms. The SMILES string of the molecule is CC(C)CNC(=O)[C@H](C)N(Cc1ccc(Cl)c(Cl)c1)C(=O)CSCc1ccccc1. The highest BCUT2D eigenvalue weighted by molar-refractivity contribution is 7.99. The fourth-order valence-electron chi connectivity index (χ4n) is 2.78. The van der Waals surface area contributed by atoms with Gasteiger partial charge in [0.25, 0.3) is 0 Å². The fraction of sp³-hybridized carbons (Fsp3) is 0.391. The van der Waals surface area contributed by atoms with Gasteiger partial charge in [-0.1, -0.05) is 73.4 Å². The molecule has 2 rings (SSSR count). The molecule has 0 spiro atoms. The molecule has 0 saturated heterocycles. The van der Waals surface area contributed by atoms with Crippen LogP contribution in [0.3, 0.4) is 0 Å². The molecular formula is C23H28Cl2N2O2S. The van der Waals surface area contributed by atoms with Crippen LogP contribution in [0.15, 0.2) is 48.5 Å². The van der Waals surface area contributed by atoms with E-state index in [1.807, 2.05) is 50.2 Å². The minimum Gasteiger partial charge on any atom is -0.354 e. The van der Waals surface area contributed by atoms with Gasteiger partial charge in [0, 0.05) is 18.8 Å². The van der Waals surface area contributed by atoms with Gasteiger partial charge in [-0.05, 0) is 36.1 Å². The number of carbonyl (C=O) groups excluding carboxylic acids is 2. The maximum absolute atomic E-state index is 13.0. The first-order valence-electron chi connectivity index (χ1n) is 9.90. The Morgan fingerprint density at radius 1 is 1.00 bits per heavy atom. The second-order valence-electron chi connectivity index (χ2n) is 7.56. The third-order valence-corrected chi connectivity index (χ3v) is 6.25. The number of hydrogen-bond donors (Lipinski definition) is 1. The van der Waals surface area contributed by atoms with Crippen molar-refractivity contribution in [3.05, 3.63) is 69.7 Å². The number of thioether (sulfide) groups is 1. The van der Waals surface area contributed by atoms with Gasteiger partial charge in [0.05, 0.1) is 15.8 Å². The largest absolute Gasteiger partial charge is 0.354 e. The maximum atomic E-state index is 13.0. The van der Waals surface area contributed by atoms with E-state index in [9.17, 15) is 9.59 Å².